The summed E-state index contributed by atoms with van der Waals surface area (Å²) in [5.74, 6) is -18.1. The van der Waals surface area contributed by atoms with E-state index in [1.165, 1.54) is 68.0 Å². The number of aliphatic carboxylic acids is 1. The van der Waals surface area contributed by atoms with E-state index in [0.29, 0.717) is 42.5 Å². The Hall–Kier alpha value is -12.9. The Morgan fingerprint density at radius 1 is 0.455 bits per heavy atom. The van der Waals surface area contributed by atoms with Crippen LogP contribution in [0.25, 0.3) is 0 Å². The SMILES string of the molecule is CC[C@H](C)[C@H](NC(=O)[C@H](Cc1ccc(O)cc1)NC(=O)[C@H](Cc1c[nH]cn1)NC(=O)[C@H](CCCN=C(N)N)NC(C)=O)C(=O)N[C@@H](CC(N)=O)C(=O)N[C@@H](CC(C)C)C(=O)N[C@H](C(=O)N[C@H](C(=O)N[C@@H](CCCN=C(N)N)C(=O)N[C@@H](CCC(N)=O)C(=O)N[C@@H](CCCN=C(N)N)C(=O)N[C@@H](Cc1ccc(O)cc1)C(=O)O)[C@@H](C)O)C1CCCCC1. The van der Waals surface area contributed by atoms with Gasteiger partial charge in [0.25, 0.3) is 0 Å². The summed E-state index contributed by atoms with van der Waals surface area (Å²) in [6.45, 7) is 8.91. The van der Waals surface area contributed by atoms with E-state index in [1.807, 2.05) is 0 Å². The minimum absolute atomic E-state index is 0.0277. The van der Waals surface area contributed by atoms with Crippen molar-refractivity contribution < 1.29 is 92.3 Å². The highest BCUT2D eigenvalue weighted by atomic mass is 16.4. The van der Waals surface area contributed by atoms with Crippen LogP contribution in [0.5, 0.6) is 11.5 Å². The molecular weight excluding hydrogens is 1580 g/mol. The van der Waals surface area contributed by atoms with Gasteiger partial charge in [0.15, 0.2) is 17.9 Å². The third-order valence-corrected chi connectivity index (χ3v) is 19.6. The molecule has 44 heteroatoms. The number of phenols is 2. The molecule has 1 fully saturated rings. The zero-order chi connectivity index (χ0) is 90.2. The number of phenolic OH excluding ortho intramolecular Hbond substituents is 2. The van der Waals surface area contributed by atoms with Crippen LogP contribution in [0.2, 0.25) is 0 Å². The predicted octanol–water partition coefficient (Wildman–Crippen LogP) is -5.87. The standard InChI is InChI=1S/C77H121N25O19/c1-7-40(4)60(100-70(116)54(33-43-19-23-47(105)24-20-43)96-67(113)55(35-46-37-86-38-90-46)97-63(109)49(91-42(6)104)16-11-29-87-75(80)81)71(117)98-56(36-59(79)108)68(114)95-53(32-39(2)3)69(115)102-62(45-14-9-8-10-15-45)73(119)101-61(41(5)103)72(118)94-51(18-13-31-89-77(84)85)64(110)93-52(27-28-58(78)107)66(112)92-50(17-12-30-88-76(82)83)65(111)99-57(74(120)121)34-44-21-25-48(106)26-22-44/h19-26,37-41,45,49-57,60-62,103,105-106H,7-18,27-36H2,1-6H3,(H2,78,107)(H2,79,108)(H,86,90)(H,91,104)(H,92,112)(H,93,110)(H,94,118)(H,95,114)(H,96,113)(H,97,109)(H,98,117)(H,99,111)(H,100,116)(H,101,119)(H,102,115)(H,120,121)(H4,80,81,87)(H4,82,83,88)(H4,84,85,89)/t40-,41+,49-,50-,51-,52-,53-,54-,55-,56-,57-,60-,61-,62-/m0/s1. The van der Waals surface area contributed by atoms with Crippen LogP contribution in [0.1, 0.15) is 161 Å². The molecule has 0 aliphatic heterocycles. The molecule has 0 unspecified atom stereocenters. The number of aliphatic hydroxyl groups excluding tert-OH is 1. The Balaban J connectivity index is 1.65. The van der Waals surface area contributed by atoms with Crippen molar-refractivity contribution >= 4 is 107 Å². The number of nitrogens with zero attached hydrogens (tertiary/aromatic N) is 4. The van der Waals surface area contributed by atoms with Crippen molar-refractivity contribution in [3.8, 4) is 11.5 Å². The quantitative estimate of drug-likeness (QED) is 0.0142. The Morgan fingerprint density at radius 2 is 0.843 bits per heavy atom. The fraction of sp³-hybridized carbons (Fsp3) is 0.571. The largest absolute Gasteiger partial charge is 0.508 e. The number of carbonyl (C=O) groups excluding carboxylic acids is 14. The number of nitrogens with two attached hydrogens (primary N) is 8. The molecule has 0 bridgehead atoms. The number of hydrogen-bond acceptors (Lipinski definition) is 22. The van der Waals surface area contributed by atoms with E-state index in [1.54, 1.807) is 27.7 Å². The summed E-state index contributed by atoms with van der Waals surface area (Å²) in [5.41, 5.74) is 45.4. The Morgan fingerprint density at radius 3 is 1.27 bits per heavy atom. The zero-order valence-corrected chi connectivity index (χ0v) is 68.9. The molecule has 44 nitrogen and oxygen atoms in total. The van der Waals surface area contributed by atoms with Crippen LogP contribution in [-0.2, 0) is 91.2 Å². The number of aromatic nitrogens is 2. The summed E-state index contributed by atoms with van der Waals surface area (Å²) in [6, 6.07) is -8.02. The van der Waals surface area contributed by atoms with Gasteiger partial charge in [-0.3, -0.25) is 82.1 Å². The molecule has 14 atom stereocenters. The first-order chi connectivity index (χ1) is 57.1. The van der Waals surface area contributed by atoms with Crippen molar-refractivity contribution in [2.24, 2.45) is 78.6 Å². The zero-order valence-electron chi connectivity index (χ0n) is 68.9. The van der Waals surface area contributed by atoms with E-state index in [4.69, 9.17) is 45.9 Å². The van der Waals surface area contributed by atoms with Crippen molar-refractivity contribution in [2.45, 2.75) is 242 Å². The van der Waals surface area contributed by atoms with Gasteiger partial charge in [-0.2, -0.15) is 0 Å². The summed E-state index contributed by atoms with van der Waals surface area (Å²) in [5, 5.41) is 72.2. The number of guanidine groups is 3. The smallest absolute Gasteiger partial charge is 0.326 e. The Labute approximate surface area is 699 Å². The van der Waals surface area contributed by atoms with E-state index in [2.05, 4.69) is 88.7 Å². The molecule has 4 rings (SSSR count). The Bertz CT molecular complexity index is 4050. The molecule has 668 valence electrons. The first-order valence-electron chi connectivity index (χ1n) is 39.9. The van der Waals surface area contributed by atoms with Gasteiger partial charge in [0.2, 0.25) is 82.7 Å². The first-order valence-corrected chi connectivity index (χ1v) is 39.9. The molecule has 1 aliphatic rings. The van der Waals surface area contributed by atoms with E-state index in [0.717, 1.165) is 13.3 Å². The fourth-order valence-corrected chi connectivity index (χ4v) is 13.1. The number of imidazole rings is 1. The molecule has 1 aliphatic carbocycles. The lowest BCUT2D eigenvalue weighted by atomic mass is 9.83. The van der Waals surface area contributed by atoms with Gasteiger partial charge < -0.3 is 135 Å². The van der Waals surface area contributed by atoms with Gasteiger partial charge in [-0.25, -0.2) is 9.78 Å². The van der Waals surface area contributed by atoms with Gasteiger partial charge in [-0.15, -0.1) is 0 Å². The number of H-pyrrole nitrogens is 1. The number of primary amides is 2. The van der Waals surface area contributed by atoms with Gasteiger partial charge in [0.05, 0.1) is 24.5 Å². The van der Waals surface area contributed by atoms with Crippen LogP contribution in [0.15, 0.2) is 76.0 Å². The number of nitrogens with one attached hydrogen (secondary N) is 13. The van der Waals surface area contributed by atoms with Crippen LogP contribution >= 0.6 is 0 Å². The molecular formula is C77H121N25O19. The molecule has 121 heavy (non-hydrogen) atoms. The second-order valence-electron chi connectivity index (χ2n) is 30.2. The highest BCUT2D eigenvalue weighted by Crippen LogP contribution is 2.28. The van der Waals surface area contributed by atoms with Gasteiger partial charge in [0.1, 0.15) is 84.0 Å². The van der Waals surface area contributed by atoms with E-state index < -0.39 is 204 Å². The van der Waals surface area contributed by atoms with E-state index in [9.17, 15) is 92.3 Å². The van der Waals surface area contributed by atoms with Crippen molar-refractivity contribution in [1.29, 1.82) is 0 Å². The summed E-state index contributed by atoms with van der Waals surface area (Å²) in [7, 11) is 0. The Kier molecular flexibility index (Phi) is 42.7. The lowest BCUT2D eigenvalue weighted by molar-refractivity contribution is -0.142. The number of benzene rings is 2. The second kappa shape index (κ2) is 51.4. The van der Waals surface area contributed by atoms with E-state index >= 15 is 0 Å². The molecule has 1 saturated carbocycles. The number of aromatic hydroxyl groups is 2. The third-order valence-electron chi connectivity index (χ3n) is 19.6. The molecule has 0 radical (unpaired) electrons. The van der Waals surface area contributed by atoms with Crippen molar-refractivity contribution in [1.82, 2.24) is 73.8 Å². The van der Waals surface area contributed by atoms with Crippen LogP contribution in [0, 0.1) is 17.8 Å². The topological polar surface area (TPSA) is 755 Å². The highest BCUT2D eigenvalue weighted by molar-refractivity contribution is 6.01. The lowest BCUT2D eigenvalue weighted by Gasteiger charge is -2.33. The van der Waals surface area contributed by atoms with Gasteiger partial charge in [-0.1, -0.05) is 77.6 Å². The molecule has 3 aromatic rings. The van der Waals surface area contributed by atoms with Crippen molar-refractivity contribution in [3.63, 3.8) is 0 Å². The molecule has 2 aromatic carbocycles. The summed E-state index contributed by atoms with van der Waals surface area (Å²) >= 11 is 0. The minimum Gasteiger partial charge on any atom is -0.508 e. The van der Waals surface area contributed by atoms with Gasteiger partial charge in [0, 0.05) is 58.4 Å². The van der Waals surface area contributed by atoms with Crippen molar-refractivity contribution in [3.05, 3.63) is 77.9 Å². The summed E-state index contributed by atoms with van der Waals surface area (Å²) in [6.07, 6.45) is 0.673. The van der Waals surface area contributed by atoms with Crippen LogP contribution < -0.4 is 110 Å². The normalized spacial score (nSPS) is 15.4. The number of hydrogen-bond donors (Lipinski definition) is 25. The molecule has 0 spiro atoms. The summed E-state index contributed by atoms with van der Waals surface area (Å²) in [4.78, 5) is 229. The maximum absolute atomic E-state index is 15.0. The molecule has 14 amide bonds. The molecule has 33 N–H and O–H groups in total. The van der Waals surface area contributed by atoms with Gasteiger partial charge in [-0.05, 0) is 124 Å². The number of aliphatic hydroxyl groups is 1. The number of rotatable bonds is 53. The maximum Gasteiger partial charge on any atom is 0.326 e. The monoisotopic (exact) mass is 1700 g/mol. The minimum atomic E-state index is -1.92. The van der Waals surface area contributed by atoms with Crippen molar-refractivity contribution in [2.75, 3.05) is 19.6 Å². The fourth-order valence-electron chi connectivity index (χ4n) is 13.1. The predicted molar refractivity (Wildman–Crippen MR) is 442 cm³/mol. The average molecular weight is 1700 g/mol. The maximum atomic E-state index is 15.0. The number of amides is 14. The number of carboxylic acids is 1. The molecule has 1 aromatic heterocycles. The van der Waals surface area contributed by atoms with Crippen LogP contribution in [0.4, 0.5) is 0 Å². The average Bonchev–Trinajstić information content (AvgIpc) is 0.870. The van der Waals surface area contributed by atoms with Gasteiger partial charge >= 0.3 is 5.97 Å². The van der Waals surface area contributed by atoms with Crippen LogP contribution in [-0.4, -0.2) is 235 Å². The number of aliphatic imine (C=N–C) groups is 3. The van der Waals surface area contributed by atoms with Crippen LogP contribution in [0.3, 0.4) is 0 Å². The highest BCUT2D eigenvalue weighted by Gasteiger charge is 2.41. The third kappa shape index (κ3) is 37.3. The molecule has 1 heterocycles. The lowest BCUT2D eigenvalue weighted by Crippen LogP contribution is -2.63. The molecule has 0 saturated heterocycles. The number of carbonyl (C=O) groups is 15. The number of carboxylic acid groups (broad SMARTS) is 1. The van der Waals surface area contributed by atoms with E-state index in [-0.39, 0.29) is 120 Å². The number of aromatic amines is 1. The summed E-state index contributed by atoms with van der Waals surface area (Å²) < 4.78 is 0. The second-order valence-corrected chi connectivity index (χ2v) is 30.2. The first kappa shape index (κ1) is 100.